The summed E-state index contributed by atoms with van der Waals surface area (Å²) in [5.41, 5.74) is 1.53. The lowest BCUT2D eigenvalue weighted by molar-refractivity contribution is 0.102. The van der Waals surface area contributed by atoms with Gasteiger partial charge in [0.15, 0.2) is 0 Å². The van der Waals surface area contributed by atoms with Gasteiger partial charge in [-0.25, -0.2) is 12.8 Å². The van der Waals surface area contributed by atoms with Crippen molar-refractivity contribution >= 4 is 38.6 Å². The third-order valence-corrected chi connectivity index (χ3v) is 6.31. The van der Waals surface area contributed by atoms with Crippen molar-refractivity contribution in [1.82, 2.24) is 0 Å². The van der Waals surface area contributed by atoms with Gasteiger partial charge < -0.3 is 5.32 Å². The van der Waals surface area contributed by atoms with E-state index in [2.05, 4.69) is 10.0 Å². The highest BCUT2D eigenvalue weighted by Gasteiger charge is 2.15. The number of halogens is 1. The summed E-state index contributed by atoms with van der Waals surface area (Å²) in [5.74, 6) is -1.01. The van der Waals surface area contributed by atoms with Crippen LogP contribution in [-0.4, -0.2) is 14.3 Å². The number of rotatable bonds is 5. The number of hydrogen-bond donors (Lipinski definition) is 2. The fraction of sp³-hybridized carbons (Fsp3) is 0.0556. The molecule has 2 aromatic carbocycles. The zero-order valence-electron chi connectivity index (χ0n) is 13.7. The van der Waals surface area contributed by atoms with Crippen molar-refractivity contribution in [3.63, 3.8) is 0 Å². The fourth-order valence-electron chi connectivity index (χ4n) is 2.24. The number of nitrogens with one attached hydrogen (secondary N) is 2. The maximum absolute atomic E-state index is 13.7. The summed E-state index contributed by atoms with van der Waals surface area (Å²) in [5, 5.41) is 4.18. The Morgan fingerprint density at radius 1 is 1.08 bits per heavy atom. The largest absolute Gasteiger partial charge is 0.319 e. The Bertz CT molecular complexity index is 1030. The molecule has 0 aliphatic carbocycles. The molecular formula is C18H15FN2O3S2. The van der Waals surface area contributed by atoms with E-state index in [1.807, 2.05) is 0 Å². The molecule has 0 spiro atoms. The Morgan fingerprint density at radius 3 is 2.46 bits per heavy atom. The van der Waals surface area contributed by atoms with Crippen molar-refractivity contribution in [3.05, 3.63) is 76.9 Å². The van der Waals surface area contributed by atoms with E-state index in [4.69, 9.17) is 0 Å². The van der Waals surface area contributed by atoms with E-state index in [9.17, 15) is 17.6 Å². The van der Waals surface area contributed by atoms with Crippen LogP contribution in [0.5, 0.6) is 0 Å². The van der Waals surface area contributed by atoms with Crippen LogP contribution >= 0.6 is 11.3 Å². The van der Waals surface area contributed by atoms with Crippen molar-refractivity contribution in [2.24, 2.45) is 0 Å². The predicted octanol–water partition coefficient (Wildman–Crippen LogP) is 4.25. The van der Waals surface area contributed by atoms with Crippen LogP contribution in [0.2, 0.25) is 0 Å². The van der Waals surface area contributed by atoms with Crippen LogP contribution in [0, 0.1) is 12.7 Å². The summed E-state index contributed by atoms with van der Waals surface area (Å²) in [6.45, 7) is 1.80. The van der Waals surface area contributed by atoms with Crippen LogP contribution in [0.15, 0.2) is 64.2 Å². The van der Waals surface area contributed by atoms with Gasteiger partial charge in [0, 0.05) is 11.3 Å². The topological polar surface area (TPSA) is 75.3 Å². The number of carbonyl (C=O) groups excluding carboxylic acids is 1. The molecule has 2 N–H and O–H groups in total. The van der Waals surface area contributed by atoms with Crippen LogP contribution in [0.1, 0.15) is 15.9 Å². The summed E-state index contributed by atoms with van der Waals surface area (Å²) < 4.78 is 40.7. The molecule has 5 nitrogen and oxygen atoms in total. The second-order valence-electron chi connectivity index (χ2n) is 5.55. The Morgan fingerprint density at radius 2 is 1.81 bits per heavy atom. The summed E-state index contributed by atoms with van der Waals surface area (Å²) in [7, 11) is -3.64. The number of carbonyl (C=O) groups is 1. The van der Waals surface area contributed by atoms with Gasteiger partial charge in [0.05, 0.1) is 5.69 Å². The summed E-state index contributed by atoms with van der Waals surface area (Å²) in [4.78, 5) is 12.2. The normalized spacial score (nSPS) is 11.2. The molecule has 0 radical (unpaired) electrons. The van der Waals surface area contributed by atoms with Gasteiger partial charge in [0.2, 0.25) is 0 Å². The first kappa shape index (κ1) is 18.1. The highest BCUT2D eigenvalue weighted by Crippen LogP contribution is 2.21. The average Bonchev–Trinajstić information content (AvgIpc) is 3.14. The molecule has 134 valence electrons. The highest BCUT2D eigenvalue weighted by atomic mass is 32.2. The third kappa shape index (κ3) is 4.09. The van der Waals surface area contributed by atoms with Gasteiger partial charge in [-0.05, 0) is 60.3 Å². The van der Waals surface area contributed by atoms with Crippen molar-refractivity contribution in [3.8, 4) is 0 Å². The first-order valence-corrected chi connectivity index (χ1v) is 9.95. The van der Waals surface area contributed by atoms with Crippen LogP contribution in [-0.2, 0) is 10.0 Å². The number of thiophene rings is 1. The molecule has 3 rings (SSSR count). The van der Waals surface area contributed by atoms with Gasteiger partial charge in [-0.3, -0.25) is 9.52 Å². The SMILES string of the molecule is Cc1ccc(F)c(NC(=O)c2ccc(NS(=O)(=O)c3cccs3)cc2)c1. The Balaban J connectivity index is 1.73. The minimum absolute atomic E-state index is 0.0949. The molecule has 1 aromatic heterocycles. The summed E-state index contributed by atoms with van der Waals surface area (Å²) in [6.07, 6.45) is 0. The molecular weight excluding hydrogens is 375 g/mol. The monoisotopic (exact) mass is 390 g/mol. The zero-order chi connectivity index (χ0) is 18.7. The van der Waals surface area contributed by atoms with E-state index >= 15 is 0 Å². The lowest BCUT2D eigenvalue weighted by atomic mass is 10.1. The van der Waals surface area contributed by atoms with Crippen molar-refractivity contribution in [1.29, 1.82) is 0 Å². The lowest BCUT2D eigenvalue weighted by Gasteiger charge is -2.09. The van der Waals surface area contributed by atoms with E-state index in [0.717, 1.165) is 16.9 Å². The molecule has 0 atom stereocenters. The van der Waals surface area contributed by atoms with Crippen LogP contribution < -0.4 is 10.0 Å². The van der Waals surface area contributed by atoms with E-state index < -0.39 is 21.7 Å². The number of hydrogen-bond acceptors (Lipinski definition) is 4. The molecule has 0 fully saturated rings. The zero-order valence-corrected chi connectivity index (χ0v) is 15.3. The molecule has 26 heavy (non-hydrogen) atoms. The molecule has 1 heterocycles. The molecule has 1 amide bonds. The van der Waals surface area contributed by atoms with Crippen molar-refractivity contribution < 1.29 is 17.6 Å². The lowest BCUT2D eigenvalue weighted by Crippen LogP contribution is -2.14. The Kier molecular flexibility index (Phi) is 5.06. The molecule has 0 unspecified atom stereocenters. The van der Waals surface area contributed by atoms with Gasteiger partial charge in [0.25, 0.3) is 15.9 Å². The van der Waals surface area contributed by atoms with E-state index in [1.54, 1.807) is 24.4 Å². The first-order valence-electron chi connectivity index (χ1n) is 7.59. The summed E-state index contributed by atoms with van der Waals surface area (Å²) in [6, 6.07) is 13.5. The first-order chi connectivity index (χ1) is 12.3. The molecule has 8 heteroatoms. The molecule has 0 aliphatic rings. The van der Waals surface area contributed by atoms with Gasteiger partial charge in [-0.15, -0.1) is 11.3 Å². The fourth-order valence-corrected chi connectivity index (χ4v) is 4.29. The van der Waals surface area contributed by atoms with Crippen LogP contribution in [0.4, 0.5) is 15.8 Å². The number of anilines is 2. The minimum atomic E-state index is -3.64. The second kappa shape index (κ2) is 7.27. The number of benzene rings is 2. The van der Waals surface area contributed by atoms with E-state index in [-0.39, 0.29) is 15.5 Å². The number of aryl methyl sites for hydroxylation is 1. The molecule has 0 saturated heterocycles. The molecule has 0 saturated carbocycles. The predicted molar refractivity (Wildman–Crippen MR) is 101 cm³/mol. The highest BCUT2D eigenvalue weighted by molar-refractivity contribution is 7.94. The smallest absolute Gasteiger partial charge is 0.271 e. The quantitative estimate of drug-likeness (QED) is 0.684. The van der Waals surface area contributed by atoms with Gasteiger partial charge in [-0.2, -0.15) is 0 Å². The molecule has 3 aromatic rings. The van der Waals surface area contributed by atoms with Gasteiger partial charge in [-0.1, -0.05) is 12.1 Å². The van der Waals surface area contributed by atoms with Gasteiger partial charge >= 0.3 is 0 Å². The number of sulfonamides is 1. The third-order valence-electron chi connectivity index (χ3n) is 3.53. The maximum Gasteiger partial charge on any atom is 0.271 e. The molecule has 0 aliphatic heterocycles. The molecule has 0 bridgehead atoms. The average molecular weight is 390 g/mol. The van der Waals surface area contributed by atoms with Crippen LogP contribution in [0.3, 0.4) is 0 Å². The second-order valence-corrected chi connectivity index (χ2v) is 8.41. The Labute approximate surface area is 154 Å². The van der Waals surface area contributed by atoms with E-state index in [1.165, 1.54) is 42.5 Å². The Hall–Kier alpha value is -2.71. The van der Waals surface area contributed by atoms with E-state index in [0.29, 0.717) is 5.69 Å². The van der Waals surface area contributed by atoms with Crippen LogP contribution in [0.25, 0.3) is 0 Å². The number of amides is 1. The van der Waals surface area contributed by atoms with Crippen molar-refractivity contribution in [2.45, 2.75) is 11.1 Å². The van der Waals surface area contributed by atoms with Gasteiger partial charge in [0.1, 0.15) is 10.0 Å². The maximum atomic E-state index is 13.7. The standard InChI is InChI=1S/C18H15FN2O3S2/c1-12-4-9-15(19)16(11-12)20-18(22)13-5-7-14(8-6-13)21-26(23,24)17-3-2-10-25-17/h2-11,21H,1H3,(H,20,22). The van der Waals surface area contributed by atoms with Crippen molar-refractivity contribution in [2.75, 3.05) is 10.0 Å². The summed E-state index contributed by atoms with van der Waals surface area (Å²) >= 11 is 1.11. The minimum Gasteiger partial charge on any atom is -0.319 e.